The SMILES string of the molecule is C#CC(C)(C)C(NC(=O)c1ccc2ccccc2c1OCc1ccc(OC(F)(F)F)cc1)C(=O)O. The Kier molecular flexibility index (Phi) is 7.25. The van der Waals surface area contributed by atoms with Crippen LogP contribution in [-0.4, -0.2) is 29.4 Å². The highest BCUT2D eigenvalue weighted by Crippen LogP contribution is 2.32. The number of nitrogens with one attached hydrogen (secondary N) is 1. The summed E-state index contributed by atoms with van der Waals surface area (Å²) in [6.45, 7) is 2.98. The summed E-state index contributed by atoms with van der Waals surface area (Å²) in [4.78, 5) is 24.9. The Morgan fingerprint density at radius 3 is 2.31 bits per heavy atom. The molecule has 1 amide bonds. The third-order valence-electron chi connectivity index (χ3n) is 5.28. The van der Waals surface area contributed by atoms with Crippen LogP contribution >= 0.6 is 0 Å². The third-order valence-corrected chi connectivity index (χ3v) is 5.28. The Morgan fingerprint density at radius 1 is 1.06 bits per heavy atom. The highest BCUT2D eigenvalue weighted by Gasteiger charge is 2.36. The number of hydrogen-bond donors (Lipinski definition) is 2. The number of hydrogen-bond acceptors (Lipinski definition) is 4. The van der Waals surface area contributed by atoms with Gasteiger partial charge in [-0.25, -0.2) is 4.79 Å². The largest absolute Gasteiger partial charge is 0.573 e. The van der Waals surface area contributed by atoms with Gasteiger partial charge in [-0.3, -0.25) is 4.79 Å². The average Bonchev–Trinajstić information content (AvgIpc) is 2.80. The number of amides is 1. The summed E-state index contributed by atoms with van der Waals surface area (Å²) >= 11 is 0. The van der Waals surface area contributed by atoms with Crippen LogP contribution in [0.2, 0.25) is 0 Å². The summed E-state index contributed by atoms with van der Waals surface area (Å²) in [7, 11) is 0. The predicted molar refractivity (Wildman–Crippen MR) is 123 cm³/mol. The molecule has 0 saturated carbocycles. The number of carbonyl (C=O) groups excluding carboxylic acids is 1. The quantitative estimate of drug-likeness (QED) is 0.431. The number of aliphatic carboxylic acids is 1. The van der Waals surface area contributed by atoms with Crippen LogP contribution in [-0.2, 0) is 11.4 Å². The lowest BCUT2D eigenvalue weighted by atomic mass is 9.85. The molecule has 3 rings (SSSR count). The maximum atomic E-state index is 13.1. The van der Waals surface area contributed by atoms with Crippen LogP contribution in [0, 0.1) is 17.8 Å². The highest BCUT2D eigenvalue weighted by atomic mass is 19.4. The van der Waals surface area contributed by atoms with Gasteiger partial charge in [0, 0.05) is 5.39 Å². The minimum Gasteiger partial charge on any atom is -0.487 e. The van der Waals surface area contributed by atoms with Gasteiger partial charge in [0.25, 0.3) is 5.91 Å². The first-order chi connectivity index (χ1) is 16.4. The summed E-state index contributed by atoms with van der Waals surface area (Å²) in [5.74, 6) is 0.217. The maximum Gasteiger partial charge on any atom is 0.573 e. The van der Waals surface area contributed by atoms with E-state index in [0.29, 0.717) is 10.9 Å². The molecule has 0 aliphatic rings. The number of benzene rings is 3. The summed E-state index contributed by atoms with van der Waals surface area (Å²) in [5.41, 5.74) is -0.560. The molecule has 3 aromatic carbocycles. The molecule has 0 radical (unpaired) electrons. The van der Waals surface area contributed by atoms with Crippen molar-refractivity contribution in [2.75, 3.05) is 0 Å². The van der Waals surface area contributed by atoms with E-state index < -0.39 is 29.7 Å². The zero-order valence-corrected chi connectivity index (χ0v) is 18.8. The van der Waals surface area contributed by atoms with Crippen LogP contribution in [0.4, 0.5) is 13.2 Å². The summed E-state index contributed by atoms with van der Waals surface area (Å²) in [5, 5.41) is 13.4. The van der Waals surface area contributed by atoms with E-state index in [9.17, 15) is 27.9 Å². The van der Waals surface area contributed by atoms with E-state index in [0.717, 1.165) is 17.5 Å². The molecule has 6 nitrogen and oxygen atoms in total. The first-order valence-corrected chi connectivity index (χ1v) is 10.4. The van der Waals surface area contributed by atoms with Gasteiger partial charge in [0.05, 0.1) is 11.0 Å². The van der Waals surface area contributed by atoms with Crippen molar-refractivity contribution in [3.63, 3.8) is 0 Å². The first kappa shape index (κ1) is 25.4. The number of carboxylic acid groups (broad SMARTS) is 1. The summed E-state index contributed by atoms with van der Waals surface area (Å²) in [6, 6.07) is 14.1. The van der Waals surface area contributed by atoms with Crippen LogP contribution in [0.25, 0.3) is 10.8 Å². The molecule has 1 unspecified atom stereocenters. The van der Waals surface area contributed by atoms with Crippen molar-refractivity contribution in [2.24, 2.45) is 5.41 Å². The molecule has 0 aliphatic carbocycles. The molecular weight excluding hydrogens is 463 g/mol. The summed E-state index contributed by atoms with van der Waals surface area (Å²) in [6.07, 6.45) is 0.659. The zero-order chi connectivity index (χ0) is 25.8. The number of carboxylic acids is 1. The molecule has 0 heterocycles. The number of terminal acetylenes is 1. The molecule has 0 saturated heterocycles. The number of rotatable bonds is 8. The second-order valence-electron chi connectivity index (χ2n) is 8.25. The van der Waals surface area contributed by atoms with Gasteiger partial charge in [-0.1, -0.05) is 48.4 Å². The Hall–Kier alpha value is -4.19. The fourth-order valence-corrected chi connectivity index (χ4v) is 3.36. The number of fused-ring (bicyclic) bond motifs is 1. The molecular formula is C26H22F3NO5. The summed E-state index contributed by atoms with van der Waals surface area (Å²) < 4.78 is 47.0. The lowest BCUT2D eigenvalue weighted by Gasteiger charge is -2.27. The molecule has 35 heavy (non-hydrogen) atoms. The topological polar surface area (TPSA) is 84.9 Å². The maximum absolute atomic E-state index is 13.1. The van der Waals surface area contributed by atoms with E-state index in [4.69, 9.17) is 11.2 Å². The Balaban J connectivity index is 1.91. The van der Waals surface area contributed by atoms with Crippen molar-refractivity contribution in [1.82, 2.24) is 5.32 Å². The van der Waals surface area contributed by atoms with Crippen molar-refractivity contribution >= 4 is 22.6 Å². The smallest absolute Gasteiger partial charge is 0.487 e. The second kappa shape index (κ2) is 9.97. The standard InChI is InChI=1S/C26H22F3NO5/c1-4-25(2,3)22(24(32)33)30-23(31)20-14-11-17-7-5-6-8-19(17)21(20)34-15-16-9-12-18(13-10-16)35-26(27,28)29/h1,5-14,22H,15H2,2-3H3,(H,30,31)(H,32,33). The minimum atomic E-state index is -4.80. The van der Waals surface area contributed by atoms with Crippen molar-refractivity contribution in [1.29, 1.82) is 0 Å². The van der Waals surface area contributed by atoms with Crippen LogP contribution in [0.1, 0.15) is 29.8 Å². The van der Waals surface area contributed by atoms with Crippen molar-refractivity contribution in [3.05, 3.63) is 71.8 Å². The molecule has 9 heteroatoms. The Morgan fingerprint density at radius 2 is 1.71 bits per heavy atom. The molecule has 182 valence electrons. The van der Waals surface area contributed by atoms with Gasteiger partial charge in [0.1, 0.15) is 24.1 Å². The lowest BCUT2D eigenvalue weighted by molar-refractivity contribution is -0.274. The van der Waals surface area contributed by atoms with Gasteiger partial charge in [-0.05, 0) is 43.0 Å². The van der Waals surface area contributed by atoms with Crippen LogP contribution < -0.4 is 14.8 Å². The second-order valence-corrected chi connectivity index (χ2v) is 8.25. The van der Waals surface area contributed by atoms with Crippen molar-refractivity contribution in [2.45, 2.75) is 32.9 Å². The zero-order valence-electron chi connectivity index (χ0n) is 18.8. The van der Waals surface area contributed by atoms with E-state index in [-0.39, 0.29) is 23.7 Å². The molecule has 0 aliphatic heterocycles. The molecule has 0 fully saturated rings. The molecule has 0 bridgehead atoms. The van der Waals surface area contributed by atoms with Crippen LogP contribution in [0.3, 0.4) is 0 Å². The van der Waals surface area contributed by atoms with Gasteiger partial charge >= 0.3 is 12.3 Å². The van der Waals surface area contributed by atoms with Gasteiger partial charge in [-0.15, -0.1) is 19.6 Å². The molecule has 1 atom stereocenters. The van der Waals surface area contributed by atoms with Crippen molar-refractivity contribution in [3.8, 4) is 23.8 Å². The van der Waals surface area contributed by atoms with Crippen LogP contribution in [0.5, 0.6) is 11.5 Å². The Labute approximate surface area is 199 Å². The van der Waals surface area contributed by atoms with E-state index >= 15 is 0 Å². The van der Waals surface area contributed by atoms with Crippen molar-refractivity contribution < 1.29 is 37.3 Å². The normalized spacial score (nSPS) is 12.5. The fourth-order valence-electron chi connectivity index (χ4n) is 3.36. The average molecular weight is 485 g/mol. The fraction of sp³-hybridized carbons (Fsp3) is 0.231. The van der Waals surface area contributed by atoms with E-state index in [2.05, 4.69) is 16.0 Å². The number of carbonyl (C=O) groups is 2. The number of halogens is 3. The predicted octanol–water partition coefficient (Wildman–Crippen LogP) is 5.16. The number of ether oxygens (including phenoxy) is 2. The van der Waals surface area contributed by atoms with Gasteiger partial charge in [0.15, 0.2) is 0 Å². The first-order valence-electron chi connectivity index (χ1n) is 10.4. The minimum absolute atomic E-state index is 0.0706. The molecule has 0 spiro atoms. The molecule has 3 aromatic rings. The monoisotopic (exact) mass is 485 g/mol. The molecule has 0 aromatic heterocycles. The third kappa shape index (κ3) is 6.23. The van der Waals surface area contributed by atoms with Gasteiger partial charge < -0.3 is 19.9 Å². The Bertz CT molecular complexity index is 1280. The lowest BCUT2D eigenvalue weighted by Crippen LogP contribution is -2.49. The highest BCUT2D eigenvalue weighted by molar-refractivity contribution is 6.05. The molecule has 2 N–H and O–H groups in total. The number of alkyl halides is 3. The van der Waals surface area contributed by atoms with Crippen LogP contribution in [0.15, 0.2) is 60.7 Å². The van der Waals surface area contributed by atoms with Gasteiger partial charge in [-0.2, -0.15) is 0 Å². The van der Waals surface area contributed by atoms with Gasteiger partial charge in [0.2, 0.25) is 0 Å². The van der Waals surface area contributed by atoms with E-state index in [1.165, 1.54) is 32.0 Å². The van der Waals surface area contributed by atoms with E-state index in [1.807, 2.05) is 6.07 Å². The van der Waals surface area contributed by atoms with E-state index in [1.54, 1.807) is 24.3 Å².